The molecule has 0 heterocycles. The van der Waals surface area contributed by atoms with Gasteiger partial charge in [-0.05, 0) is 12.1 Å². The van der Waals surface area contributed by atoms with Crippen molar-refractivity contribution in [2.75, 3.05) is 7.11 Å². The van der Waals surface area contributed by atoms with Crippen molar-refractivity contribution in [1.29, 1.82) is 0 Å². The highest BCUT2D eigenvalue weighted by molar-refractivity contribution is 5.50. The van der Waals surface area contributed by atoms with Crippen LogP contribution in [0.5, 0.6) is 0 Å². The van der Waals surface area contributed by atoms with E-state index in [1.54, 1.807) is 0 Å². The molecule has 0 radical (unpaired) electrons. The van der Waals surface area contributed by atoms with Gasteiger partial charge in [-0.1, -0.05) is 12.1 Å². The van der Waals surface area contributed by atoms with Crippen molar-refractivity contribution in [3.8, 4) is 0 Å². The number of alkyl halides is 3. The van der Waals surface area contributed by atoms with Gasteiger partial charge in [-0.25, -0.2) is 4.39 Å². The molecule has 0 saturated heterocycles. The minimum atomic E-state index is -4.68. The lowest BCUT2D eigenvalue weighted by Crippen LogP contribution is -2.08. The molecular weight excluding hydrogens is 212 g/mol. The smallest absolute Gasteiger partial charge is 0.419 e. The Kier molecular flexibility index (Phi) is 3.34. The Balaban J connectivity index is 3.17. The third-order valence-corrected chi connectivity index (χ3v) is 1.72. The van der Waals surface area contributed by atoms with E-state index in [4.69, 9.17) is 0 Å². The van der Waals surface area contributed by atoms with E-state index in [2.05, 4.69) is 4.74 Å². The van der Waals surface area contributed by atoms with Gasteiger partial charge in [0, 0.05) is 5.56 Å². The maximum absolute atomic E-state index is 13.3. The normalized spacial score (nSPS) is 12.1. The molecule has 82 valence electrons. The molecule has 1 aromatic carbocycles. The zero-order valence-corrected chi connectivity index (χ0v) is 7.81. The predicted octanol–water partition coefficient (Wildman–Crippen LogP) is 3.46. The van der Waals surface area contributed by atoms with Gasteiger partial charge in [-0.15, -0.1) is 0 Å². The zero-order valence-electron chi connectivity index (χ0n) is 7.81. The van der Waals surface area contributed by atoms with Crippen LogP contribution in [0.4, 0.5) is 17.6 Å². The highest BCUT2D eigenvalue weighted by Crippen LogP contribution is 2.32. The molecule has 0 spiro atoms. The lowest BCUT2D eigenvalue weighted by atomic mass is 10.1. The molecule has 0 fully saturated rings. The van der Waals surface area contributed by atoms with Gasteiger partial charge in [0.25, 0.3) is 0 Å². The second-order valence-electron chi connectivity index (χ2n) is 2.74. The summed E-state index contributed by atoms with van der Waals surface area (Å²) in [4.78, 5) is 0. The minimum absolute atomic E-state index is 0.160. The lowest BCUT2D eigenvalue weighted by Gasteiger charge is -2.08. The van der Waals surface area contributed by atoms with Gasteiger partial charge < -0.3 is 4.74 Å². The van der Waals surface area contributed by atoms with Crippen LogP contribution < -0.4 is 0 Å². The van der Waals surface area contributed by atoms with Gasteiger partial charge in [-0.3, -0.25) is 0 Å². The minimum Gasteiger partial charge on any atom is -0.504 e. The average Bonchev–Trinajstić information content (AvgIpc) is 2.14. The van der Waals surface area contributed by atoms with E-state index < -0.39 is 17.6 Å². The van der Waals surface area contributed by atoms with E-state index >= 15 is 0 Å². The Morgan fingerprint density at radius 2 is 1.93 bits per heavy atom. The van der Waals surface area contributed by atoms with Gasteiger partial charge >= 0.3 is 6.18 Å². The molecule has 0 amide bonds. The number of benzene rings is 1. The van der Waals surface area contributed by atoms with Gasteiger partial charge in [0.1, 0.15) is 5.82 Å². The van der Waals surface area contributed by atoms with E-state index in [0.717, 1.165) is 18.4 Å². The second kappa shape index (κ2) is 4.33. The summed E-state index contributed by atoms with van der Waals surface area (Å²) >= 11 is 0. The summed E-state index contributed by atoms with van der Waals surface area (Å²) < 4.78 is 54.5. The Morgan fingerprint density at radius 1 is 1.27 bits per heavy atom. The van der Waals surface area contributed by atoms with Gasteiger partial charge in [-0.2, -0.15) is 13.2 Å². The topological polar surface area (TPSA) is 9.23 Å². The Labute approximate surface area is 84.0 Å². The van der Waals surface area contributed by atoms with Crippen molar-refractivity contribution >= 4 is 6.08 Å². The molecule has 5 heteroatoms. The number of ether oxygens (including phenoxy) is 1. The molecule has 0 aliphatic carbocycles. The third-order valence-electron chi connectivity index (χ3n) is 1.72. The number of rotatable bonds is 2. The standard InChI is InChI=1S/C10H8F4O/c1-15-6-5-7-3-2-4-8(9(7)11)10(12,13)14/h2-6H,1H3. The van der Waals surface area contributed by atoms with Gasteiger partial charge in [0.15, 0.2) is 0 Å². The quantitative estimate of drug-likeness (QED) is 0.547. The highest BCUT2D eigenvalue weighted by atomic mass is 19.4. The van der Waals surface area contributed by atoms with Crippen LogP contribution in [-0.4, -0.2) is 7.11 Å². The van der Waals surface area contributed by atoms with Crippen LogP contribution in [0.2, 0.25) is 0 Å². The average molecular weight is 220 g/mol. The maximum atomic E-state index is 13.3. The van der Waals surface area contributed by atoms with Crippen LogP contribution in [0, 0.1) is 5.82 Å². The summed E-state index contributed by atoms with van der Waals surface area (Å²) in [6.07, 6.45) is -2.44. The second-order valence-corrected chi connectivity index (χ2v) is 2.74. The Morgan fingerprint density at radius 3 is 2.47 bits per heavy atom. The third kappa shape index (κ3) is 2.71. The molecule has 0 aliphatic heterocycles. The first kappa shape index (κ1) is 11.6. The summed E-state index contributed by atoms with van der Waals surface area (Å²) in [6.45, 7) is 0. The predicted molar refractivity (Wildman–Crippen MR) is 47.4 cm³/mol. The molecule has 1 rings (SSSR count). The zero-order chi connectivity index (χ0) is 11.5. The van der Waals surface area contributed by atoms with Crippen molar-refractivity contribution in [2.45, 2.75) is 6.18 Å². The molecule has 0 saturated carbocycles. The summed E-state index contributed by atoms with van der Waals surface area (Å²) in [5, 5.41) is 0. The summed E-state index contributed by atoms with van der Waals surface area (Å²) in [6, 6.07) is 3.07. The van der Waals surface area contributed by atoms with Crippen LogP contribution in [0.3, 0.4) is 0 Å². The first-order valence-corrected chi connectivity index (χ1v) is 4.02. The van der Waals surface area contributed by atoms with Crippen LogP contribution in [-0.2, 0) is 10.9 Å². The largest absolute Gasteiger partial charge is 0.504 e. The number of halogens is 4. The molecule has 15 heavy (non-hydrogen) atoms. The summed E-state index contributed by atoms with van der Waals surface area (Å²) in [5.41, 5.74) is -1.44. The van der Waals surface area contributed by atoms with Crippen LogP contribution >= 0.6 is 0 Å². The van der Waals surface area contributed by atoms with Crippen LogP contribution in [0.1, 0.15) is 11.1 Å². The van der Waals surface area contributed by atoms with Crippen molar-refractivity contribution in [2.24, 2.45) is 0 Å². The number of hydrogen-bond acceptors (Lipinski definition) is 1. The first-order chi connectivity index (χ1) is 6.96. The molecule has 1 nitrogen and oxygen atoms in total. The van der Waals surface area contributed by atoms with E-state index in [1.165, 1.54) is 13.2 Å². The molecular formula is C10H8F4O. The van der Waals surface area contributed by atoms with Crippen molar-refractivity contribution < 1.29 is 22.3 Å². The molecule has 0 unspecified atom stereocenters. The fraction of sp³-hybridized carbons (Fsp3) is 0.200. The maximum Gasteiger partial charge on any atom is 0.419 e. The summed E-state index contributed by atoms with van der Waals surface area (Å²) in [5.74, 6) is -1.29. The fourth-order valence-electron chi connectivity index (χ4n) is 1.04. The van der Waals surface area contributed by atoms with E-state index in [-0.39, 0.29) is 5.56 Å². The van der Waals surface area contributed by atoms with Crippen molar-refractivity contribution in [1.82, 2.24) is 0 Å². The summed E-state index contributed by atoms with van der Waals surface area (Å²) in [7, 11) is 1.32. The molecule has 0 bridgehead atoms. The van der Waals surface area contributed by atoms with Gasteiger partial charge in [0.05, 0.1) is 18.9 Å². The van der Waals surface area contributed by atoms with Crippen LogP contribution in [0.15, 0.2) is 24.5 Å². The van der Waals surface area contributed by atoms with E-state index in [9.17, 15) is 17.6 Å². The highest BCUT2D eigenvalue weighted by Gasteiger charge is 2.34. The molecule has 0 atom stereocenters. The van der Waals surface area contributed by atoms with Crippen molar-refractivity contribution in [3.63, 3.8) is 0 Å². The number of hydrogen-bond donors (Lipinski definition) is 0. The Bertz CT molecular complexity index is 368. The molecule has 0 aromatic heterocycles. The first-order valence-electron chi connectivity index (χ1n) is 4.02. The van der Waals surface area contributed by atoms with E-state index in [0.29, 0.717) is 6.07 Å². The number of methoxy groups -OCH3 is 1. The Hall–Kier alpha value is -1.52. The molecule has 0 N–H and O–H groups in total. The van der Waals surface area contributed by atoms with Crippen molar-refractivity contribution in [3.05, 3.63) is 41.4 Å². The molecule has 1 aromatic rings. The lowest BCUT2D eigenvalue weighted by molar-refractivity contribution is -0.140. The van der Waals surface area contributed by atoms with Crippen LogP contribution in [0.25, 0.3) is 6.08 Å². The van der Waals surface area contributed by atoms with Gasteiger partial charge in [0.2, 0.25) is 0 Å². The fourth-order valence-corrected chi connectivity index (χ4v) is 1.04. The van der Waals surface area contributed by atoms with E-state index in [1.807, 2.05) is 0 Å². The SMILES string of the molecule is COC=Cc1cccc(C(F)(F)F)c1F. The monoisotopic (exact) mass is 220 g/mol. The molecule has 0 aliphatic rings.